The molecule has 0 aliphatic rings. The van der Waals surface area contributed by atoms with E-state index in [9.17, 15) is 17.6 Å². The van der Waals surface area contributed by atoms with Gasteiger partial charge in [0.05, 0.1) is 18.3 Å². The lowest BCUT2D eigenvalue weighted by Crippen LogP contribution is -2.24. The fourth-order valence-electron chi connectivity index (χ4n) is 3.68. The van der Waals surface area contributed by atoms with Gasteiger partial charge in [-0.2, -0.15) is 23.1 Å². The van der Waals surface area contributed by atoms with E-state index in [4.69, 9.17) is 0 Å². The minimum Gasteiger partial charge on any atom is -0.329 e. The van der Waals surface area contributed by atoms with Gasteiger partial charge in [-0.05, 0) is 54.0 Å². The maximum Gasteiger partial charge on any atom is 0.416 e. The zero-order chi connectivity index (χ0) is 23.8. The summed E-state index contributed by atoms with van der Waals surface area (Å²) in [6.45, 7) is 4.84. The van der Waals surface area contributed by atoms with Crippen LogP contribution >= 0.6 is 0 Å². The number of rotatable bonds is 7. The molecule has 4 aromatic rings. The summed E-state index contributed by atoms with van der Waals surface area (Å²) < 4.78 is 55.3. The van der Waals surface area contributed by atoms with E-state index in [1.807, 2.05) is 24.6 Å². The van der Waals surface area contributed by atoms with E-state index in [1.54, 1.807) is 18.1 Å². The van der Waals surface area contributed by atoms with Crippen molar-refractivity contribution < 1.29 is 17.6 Å². The fourth-order valence-corrected chi connectivity index (χ4v) is 3.68. The van der Waals surface area contributed by atoms with E-state index in [2.05, 4.69) is 25.5 Å². The molecule has 0 unspecified atom stereocenters. The second kappa shape index (κ2) is 8.75. The van der Waals surface area contributed by atoms with Gasteiger partial charge in [0.15, 0.2) is 5.65 Å². The Morgan fingerprint density at radius 2 is 1.76 bits per heavy atom. The van der Waals surface area contributed by atoms with Gasteiger partial charge in [0.25, 0.3) is 5.95 Å². The van der Waals surface area contributed by atoms with E-state index in [-0.39, 0.29) is 24.6 Å². The van der Waals surface area contributed by atoms with Crippen molar-refractivity contribution in [3.63, 3.8) is 0 Å². The van der Waals surface area contributed by atoms with Crippen LogP contribution in [0.3, 0.4) is 0 Å². The molecule has 0 aliphatic heterocycles. The molecule has 174 valence electrons. The third kappa shape index (κ3) is 4.78. The first-order valence-corrected chi connectivity index (χ1v) is 10.4. The Hall–Kier alpha value is -3.57. The Kier molecular flexibility index (Phi) is 6.00. The van der Waals surface area contributed by atoms with E-state index in [0.717, 1.165) is 40.8 Å². The topological polar surface area (TPSA) is 77.5 Å². The standard InChI is InChI=1S/C21H22F4N8/c1-4-18-17-8-14(10-26-19(17)33(5-2)28-18)12-32(20-27-30-31(3)29-20)11-13-6-15(21(23,24)25)9-16(22)7-13/h6-10H,4-5,11-12H2,1-3H3. The van der Waals surface area contributed by atoms with Gasteiger partial charge in [0, 0.05) is 31.2 Å². The Balaban J connectivity index is 1.70. The number of hydrogen-bond donors (Lipinski definition) is 0. The van der Waals surface area contributed by atoms with Crippen LogP contribution in [0.15, 0.2) is 30.5 Å². The first kappa shape index (κ1) is 22.6. The fraction of sp³-hybridized carbons (Fsp3) is 0.381. The monoisotopic (exact) mass is 462 g/mol. The summed E-state index contributed by atoms with van der Waals surface area (Å²) in [6, 6.07) is 4.43. The van der Waals surface area contributed by atoms with Crippen molar-refractivity contribution in [1.29, 1.82) is 0 Å². The molecule has 4 rings (SSSR count). The molecule has 1 aromatic carbocycles. The SMILES string of the molecule is CCc1nn(CC)c2ncc(CN(Cc3cc(F)cc(C(F)(F)F)c3)c3nnn(C)n3)cc12. The molecule has 3 aromatic heterocycles. The first-order chi connectivity index (χ1) is 15.7. The lowest BCUT2D eigenvalue weighted by Gasteiger charge is -2.21. The van der Waals surface area contributed by atoms with Crippen LogP contribution in [0.2, 0.25) is 0 Å². The first-order valence-electron chi connectivity index (χ1n) is 10.4. The predicted octanol–water partition coefficient (Wildman–Crippen LogP) is 3.90. The van der Waals surface area contributed by atoms with Crippen molar-refractivity contribution in [2.75, 3.05) is 4.90 Å². The normalized spacial score (nSPS) is 12.0. The van der Waals surface area contributed by atoms with Gasteiger partial charge < -0.3 is 4.90 Å². The van der Waals surface area contributed by atoms with Crippen molar-refractivity contribution in [3.8, 4) is 0 Å². The van der Waals surface area contributed by atoms with Crippen molar-refractivity contribution in [1.82, 2.24) is 35.0 Å². The lowest BCUT2D eigenvalue weighted by atomic mass is 10.1. The molecule has 0 amide bonds. The second-order valence-electron chi connectivity index (χ2n) is 7.61. The molecule has 3 heterocycles. The highest BCUT2D eigenvalue weighted by atomic mass is 19.4. The quantitative estimate of drug-likeness (QED) is 0.388. The summed E-state index contributed by atoms with van der Waals surface area (Å²) in [5.74, 6) is -0.759. The Bertz CT molecular complexity index is 1280. The largest absolute Gasteiger partial charge is 0.416 e. The van der Waals surface area contributed by atoms with Gasteiger partial charge in [-0.1, -0.05) is 12.0 Å². The number of pyridine rings is 1. The van der Waals surface area contributed by atoms with Crippen molar-refractivity contribution in [2.45, 2.75) is 46.1 Å². The molecule has 0 aliphatic carbocycles. The third-order valence-corrected chi connectivity index (χ3v) is 5.17. The number of benzene rings is 1. The number of tetrazole rings is 1. The van der Waals surface area contributed by atoms with Gasteiger partial charge in [0.1, 0.15) is 5.82 Å². The van der Waals surface area contributed by atoms with Crippen molar-refractivity contribution >= 4 is 17.0 Å². The van der Waals surface area contributed by atoms with E-state index < -0.39 is 17.6 Å². The molecule has 0 atom stereocenters. The Labute approximate surface area is 186 Å². The number of aryl methyl sites for hydroxylation is 3. The summed E-state index contributed by atoms with van der Waals surface area (Å²) in [7, 11) is 1.58. The smallest absolute Gasteiger partial charge is 0.329 e. The van der Waals surface area contributed by atoms with Gasteiger partial charge >= 0.3 is 6.18 Å². The summed E-state index contributed by atoms with van der Waals surface area (Å²) in [6.07, 6.45) is -2.24. The van der Waals surface area contributed by atoms with E-state index in [0.29, 0.717) is 12.6 Å². The molecule has 0 saturated heterocycles. The van der Waals surface area contributed by atoms with Crippen molar-refractivity contribution in [2.24, 2.45) is 7.05 Å². The molecule has 0 bridgehead atoms. The summed E-state index contributed by atoms with van der Waals surface area (Å²) in [4.78, 5) is 7.42. The molecule has 0 spiro atoms. The molecule has 33 heavy (non-hydrogen) atoms. The lowest BCUT2D eigenvalue weighted by molar-refractivity contribution is -0.137. The summed E-state index contributed by atoms with van der Waals surface area (Å²) >= 11 is 0. The van der Waals surface area contributed by atoms with Gasteiger partial charge in [-0.15, -0.1) is 5.10 Å². The maximum atomic E-state index is 14.0. The Morgan fingerprint density at radius 1 is 1.00 bits per heavy atom. The van der Waals surface area contributed by atoms with Crippen LogP contribution in [0.5, 0.6) is 0 Å². The highest BCUT2D eigenvalue weighted by molar-refractivity contribution is 5.79. The number of halogens is 4. The number of anilines is 1. The molecule has 8 nitrogen and oxygen atoms in total. The predicted molar refractivity (Wildman–Crippen MR) is 113 cm³/mol. The number of hydrogen-bond acceptors (Lipinski definition) is 6. The molecule has 0 fully saturated rings. The third-order valence-electron chi connectivity index (χ3n) is 5.17. The highest BCUT2D eigenvalue weighted by Gasteiger charge is 2.31. The number of alkyl halides is 3. The molecule has 0 N–H and O–H groups in total. The minimum atomic E-state index is -4.66. The Morgan fingerprint density at radius 3 is 2.39 bits per heavy atom. The van der Waals surface area contributed by atoms with Crippen LogP contribution < -0.4 is 4.90 Å². The van der Waals surface area contributed by atoms with Crippen LogP contribution in [0, 0.1) is 5.82 Å². The zero-order valence-corrected chi connectivity index (χ0v) is 18.3. The number of fused-ring (bicyclic) bond motifs is 1. The minimum absolute atomic E-state index is 0.0561. The van der Waals surface area contributed by atoms with Crippen molar-refractivity contribution in [3.05, 3.63) is 58.7 Å². The van der Waals surface area contributed by atoms with Gasteiger partial charge in [-0.25, -0.2) is 14.1 Å². The number of nitrogens with zero attached hydrogens (tertiary/aromatic N) is 8. The van der Waals surface area contributed by atoms with Crippen LogP contribution in [-0.2, 0) is 39.3 Å². The summed E-state index contributed by atoms with van der Waals surface area (Å²) in [5, 5.41) is 17.5. The van der Waals surface area contributed by atoms with Crippen LogP contribution in [0.4, 0.5) is 23.5 Å². The average molecular weight is 462 g/mol. The highest BCUT2D eigenvalue weighted by Crippen LogP contribution is 2.31. The average Bonchev–Trinajstić information content (AvgIpc) is 3.35. The van der Waals surface area contributed by atoms with Gasteiger partial charge in [-0.3, -0.25) is 0 Å². The zero-order valence-electron chi connectivity index (χ0n) is 18.3. The molecular formula is C21H22F4N8. The van der Waals surface area contributed by atoms with E-state index >= 15 is 0 Å². The van der Waals surface area contributed by atoms with Gasteiger partial charge in [0.2, 0.25) is 0 Å². The van der Waals surface area contributed by atoms with Crippen LogP contribution in [0.25, 0.3) is 11.0 Å². The van der Waals surface area contributed by atoms with Crippen LogP contribution in [0.1, 0.15) is 36.2 Å². The summed E-state index contributed by atoms with van der Waals surface area (Å²) in [5.41, 5.74) is 1.55. The van der Waals surface area contributed by atoms with E-state index in [1.165, 1.54) is 4.80 Å². The second-order valence-corrected chi connectivity index (χ2v) is 7.61. The molecular weight excluding hydrogens is 440 g/mol. The molecule has 0 saturated carbocycles. The number of aromatic nitrogens is 7. The molecule has 12 heteroatoms. The molecule has 0 radical (unpaired) electrons. The van der Waals surface area contributed by atoms with Crippen LogP contribution in [-0.4, -0.2) is 35.0 Å². The maximum absolute atomic E-state index is 14.0.